The van der Waals surface area contributed by atoms with Gasteiger partial charge in [0.15, 0.2) is 0 Å². The van der Waals surface area contributed by atoms with Crippen LogP contribution in [0, 0.1) is 5.92 Å². The van der Waals surface area contributed by atoms with Crippen LogP contribution < -0.4 is 0 Å². The standard InChI is InChI=1S/C22H24N4O3/c27-15-25(29)14-17(13-16-7-2-1-3-8-16)22(28)26-12-6-11-20(26)21-23-18-9-4-5-10-19(18)24-21/h1-5,7-10,15,17,20,29H,6,11-14H2,(H,23,24)/t17-,20-/m0/s1. The molecule has 0 bridgehead atoms. The fourth-order valence-electron chi connectivity index (χ4n) is 4.08. The highest BCUT2D eigenvalue weighted by Gasteiger charge is 2.36. The molecule has 7 heteroatoms. The number of imidazole rings is 1. The molecule has 2 amide bonds. The fraction of sp³-hybridized carbons (Fsp3) is 0.318. The Kier molecular flexibility index (Phi) is 5.57. The van der Waals surface area contributed by atoms with Gasteiger partial charge in [-0.1, -0.05) is 42.5 Å². The molecular formula is C22H24N4O3. The number of rotatable bonds is 7. The van der Waals surface area contributed by atoms with Crippen LogP contribution in [0.25, 0.3) is 11.0 Å². The quantitative estimate of drug-likeness (QED) is 0.368. The maximum absolute atomic E-state index is 13.4. The molecule has 7 nitrogen and oxygen atoms in total. The molecule has 2 N–H and O–H groups in total. The van der Waals surface area contributed by atoms with Gasteiger partial charge >= 0.3 is 0 Å². The Morgan fingerprint density at radius 2 is 2.00 bits per heavy atom. The summed E-state index contributed by atoms with van der Waals surface area (Å²) in [6.07, 6.45) is 2.52. The van der Waals surface area contributed by atoms with Crippen LogP contribution in [0.2, 0.25) is 0 Å². The molecule has 0 saturated carbocycles. The molecule has 0 aliphatic carbocycles. The maximum Gasteiger partial charge on any atom is 0.233 e. The molecule has 3 aromatic rings. The van der Waals surface area contributed by atoms with Crippen molar-refractivity contribution < 1.29 is 14.8 Å². The first-order valence-corrected chi connectivity index (χ1v) is 9.85. The van der Waals surface area contributed by atoms with Gasteiger partial charge < -0.3 is 9.88 Å². The number of likely N-dealkylation sites (tertiary alicyclic amines) is 1. The van der Waals surface area contributed by atoms with E-state index >= 15 is 0 Å². The molecule has 4 rings (SSSR count). The molecule has 1 fully saturated rings. The zero-order valence-electron chi connectivity index (χ0n) is 16.1. The molecule has 0 unspecified atom stereocenters. The van der Waals surface area contributed by atoms with Crippen molar-refractivity contribution in [2.24, 2.45) is 5.92 Å². The third kappa shape index (κ3) is 4.14. The van der Waals surface area contributed by atoms with Crippen molar-refractivity contribution in [3.63, 3.8) is 0 Å². The molecule has 1 aliphatic heterocycles. The van der Waals surface area contributed by atoms with E-state index in [2.05, 4.69) is 9.97 Å². The highest BCUT2D eigenvalue weighted by molar-refractivity contribution is 5.81. The Bertz CT molecular complexity index is 955. The second-order valence-electron chi connectivity index (χ2n) is 7.44. The summed E-state index contributed by atoms with van der Waals surface area (Å²) < 4.78 is 0. The lowest BCUT2D eigenvalue weighted by Crippen LogP contribution is -2.41. The van der Waals surface area contributed by atoms with Gasteiger partial charge in [-0.2, -0.15) is 0 Å². The molecule has 150 valence electrons. The van der Waals surface area contributed by atoms with Gasteiger partial charge in [-0.3, -0.25) is 14.8 Å². The molecule has 1 aromatic heterocycles. The van der Waals surface area contributed by atoms with E-state index in [0.29, 0.717) is 24.4 Å². The second-order valence-corrected chi connectivity index (χ2v) is 7.44. The van der Waals surface area contributed by atoms with E-state index < -0.39 is 5.92 Å². The minimum Gasteiger partial charge on any atom is -0.340 e. The van der Waals surface area contributed by atoms with Gasteiger partial charge in [-0.05, 0) is 37.0 Å². The van der Waals surface area contributed by atoms with Crippen LogP contribution >= 0.6 is 0 Å². The van der Waals surface area contributed by atoms with Gasteiger partial charge in [0.1, 0.15) is 5.82 Å². The minimum atomic E-state index is -0.530. The van der Waals surface area contributed by atoms with Gasteiger partial charge in [0.05, 0.1) is 29.5 Å². The van der Waals surface area contributed by atoms with Crippen molar-refractivity contribution in [2.75, 3.05) is 13.1 Å². The normalized spacial score (nSPS) is 17.4. The number of carbonyl (C=O) groups is 2. The Hall–Kier alpha value is -3.19. The van der Waals surface area contributed by atoms with Crippen molar-refractivity contribution in [2.45, 2.75) is 25.3 Å². The van der Waals surface area contributed by atoms with Crippen LogP contribution in [0.5, 0.6) is 0 Å². The minimum absolute atomic E-state index is 0.0411. The number of aromatic amines is 1. The van der Waals surface area contributed by atoms with E-state index in [1.807, 2.05) is 59.5 Å². The van der Waals surface area contributed by atoms with Crippen LogP contribution in [0.1, 0.15) is 30.3 Å². The first kappa shape index (κ1) is 19.1. The molecule has 0 spiro atoms. The van der Waals surface area contributed by atoms with Gasteiger partial charge in [-0.25, -0.2) is 10.0 Å². The SMILES string of the molecule is O=CN(O)C[C@H](Cc1ccccc1)C(=O)N1CCC[C@H]1c1nc2ccccc2[nH]1. The van der Waals surface area contributed by atoms with Crippen LogP contribution in [0.3, 0.4) is 0 Å². The summed E-state index contributed by atoms with van der Waals surface area (Å²) in [6.45, 7) is 0.596. The molecule has 1 saturated heterocycles. The summed E-state index contributed by atoms with van der Waals surface area (Å²) in [5.74, 6) is 0.182. The van der Waals surface area contributed by atoms with Crippen LogP contribution in [-0.2, 0) is 16.0 Å². The fourth-order valence-corrected chi connectivity index (χ4v) is 4.08. The van der Waals surface area contributed by atoms with Gasteiger partial charge in [0, 0.05) is 6.54 Å². The van der Waals surface area contributed by atoms with Gasteiger partial charge in [0.2, 0.25) is 12.3 Å². The van der Waals surface area contributed by atoms with Crippen molar-refractivity contribution in [3.05, 3.63) is 66.0 Å². The summed E-state index contributed by atoms with van der Waals surface area (Å²) in [7, 11) is 0. The molecule has 2 atom stereocenters. The Morgan fingerprint density at radius 3 is 2.76 bits per heavy atom. The number of nitrogens with one attached hydrogen (secondary N) is 1. The number of H-pyrrole nitrogens is 1. The average Bonchev–Trinajstić information content (AvgIpc) is 3.40. The zero-order chi connectivity index (χ0) is 20.2. The number of hydroxylamine groups is 2. The Balaban J connectivity index is 1.58. The lowest BCUT2D eigenvalue weighted by molar-refractivity contribution is -0.157. The summed E-state index contributed by atoms with van der Waals surface area (Å²) >= 11 is 0. The highest BCUT2D eigenvalue weighted by atomic mass is 16.5. The third-order valence-electron chi connectivity index (χ3n) is 5.46. The van der Waals surface area contributed by atoms with Crippen molar-refractivity contribution in [3.8, 4) is 0 Å². The lowest BCUT2D eigenvalue weighted by Gasteiger charge is -2.29. The molecule has 0 radical (unpaired) electrons. The summed E-state index contributed by atoms with van der Waals surface area (Å²) in [5, 5.41) is 10.3. The van der Waals surface area contributed by atoms with Crippen LogP contribution in [0.4, 0.5) is 0 Å². The molecule has 29 heavy (non-hydrogen) atoms. The maximum atomic E-state index is 13.4. The summed E-state index contributed by atoms with van der Waals surface area (Å²) in [5.41, 5.74) is 2.82. The third-order valence-corrected chi connectivity index (χ3v) is 5.46. The average molecular weight is 392 g/mol. The first-order chi connectivity index (χ1) is 14.2. The van der Waals surface area contributed by atoms with Crippen molar-refractivity contribution in [1.82, 2.24) is 19.9 Å². The number of hydrogen-bond acceptors (Lipinski definition) is 4. The van der Waals surface area contributed by atoms with Gasteiger partial charge in [-0.15, -0.1) is 0 Å². The van der Waals surface area contributed by atoms with E-state index in [1.165, 1.54) is 0 Å². The summed E-state index contributed by atoms with van der Waals surface area (Å²) in [4.78, 5) is 34.3. The number of para-hydroxylation sites is 2. The van der Waals surface area contributed by atoms with Gasteiger partial charge in [0.25, 0.3) is 0 Å². The number of nitrogens with zero attached hydrogens (tertiary/aromatic N) is 3. The van der Waals surface area contributed by atoms with Crippen LogP contribution in [0.15, 0.2) is 54.6 Å². The van der Waals surface area contributed by atoms with Crippen molar-refractivity contribution >= 4 is 23.4 Å². The van der Waals surface area contributed by atoms with E-state index in [1.54, 1.807) is 0 Å². The number of fused-ring (bicyclic) bond motifs is 1. The number of hydrogen-bond donors (Lipinski definition) is 2. The number of carbonyl (C=O) groups excluding carboxylic acids is 2. The Labute approximate surface area is 168 Å². The number of aromatic nitrogens is 2. The van der Waals surface area contributed by atoms with E-state index in [4.69, 9.17) is 0 Å². The monoisotopic (exact) mass is 392 g/mol. The number of amides is 2. The van der Waals surface area contributed by atoms with Crippen molar-refractivity contribution in [1.29, 1.82) is 0 Å². The molecule has 1 aliphatic rings. The van der Waals surface area contributed by atoms with E-state index in [0.717, 1.165) is 35.3 Å². The second kappa shape index (κ2) is 8.45. The molecule has 2 heterocycles. The zero-order valence-corrected chi connectivity index (χ0v) is 16.1. The highest BCUT2D eigenvalue weighted by Crippen LogP contribution is 2.33. The summed E-state index contributed by atoms with van der Waals surface area (Å²) in [6, 6.07) is 17.3. The Morgan fingerprint density at radius 1 is 1.24 bits per heavy atom. The van der Waals surface area contributed by atoms with Crippen LogP contribution in [-0.4, -0.2) is 50.5 Å². The predicted molar refractivity (Wildman–Crippen MR) is 108 cm³/mol. The molecular weight excluding hydrogens is 368 g/mol. The molecule has 2 aromatic carbocycles. The predicted octanol–water partition coefficient (Wildman–Crippen LogP) is 2.93. The smallest absolute Gasteiger partial charge is 0.233 e. The lowest BCUT2D eigenvalue weighted by atomic mass is 9.97. The first-order valence-electron chi connectivity index (χ1n) is 9.85. The topological polar surface area (TPSA) is 89.5 Å². The largest absolute Gasteiger partial charge is 0.340 e. The number of benzene rings is 2. The van der Waals surface area contributed by atoms with E-state index in [-0.39, 0.29) is 18.5 Å². The van der Waals surface area contributed by atoms with E-state index in [9.17, 15) is 14.8 Å².